The summed E-state index contributed by atoms with van der Waals surface area (Å²) in [5.74, 6) is 0.375. The molecule has 1 heterocycles. The second kappa shape index (κ2) is 6.25. The summed E-state index contributed by atoms with van der Waals surface area (Å²) in [5.41, 5.74) is 6.51. The summed E-state index contributed by atoms with van der Waals surface area (Å²) >= 11 is 9.49. The van der Waals surface area contributed by atoms with Crippen molar-refractivity contribution in [2.45, 2.75) is 25.8 Å². The van der Waals surface area contributed by atoms with Crippen LogP contribution in [0.3, 0.4) is 0 Å². The first-order valence-corrected chi connectivity index (χ1v) is 7.66. The van der Waals surface area contributed by atoms with Gasteiger partial charge < -0.3 is 10.6 Å². The van der Waals surface area contributed by atoms with Gasteiger partial charge >= 0.3 is 0 Å². The highest BCUT2D eigenvalue weighted by Gasteiger charge is 2.27. The van der Waals surface area contributed by atoms with Crippen LogP contribution in [0, 0.1) is 5.92 Å². The molecule has 1 aromatic rings. The fourth-order valence-corrected chi connectivity index (χ4v) is 3.01. The first-order valence-electron chi connectivity index (χ1n) is 6.49. The highest BCUT2D eigenvalue weighted by molar-refractivity contribution is 9.10. The van der Waals surface area contributed by atoms with Crippen molar-refractivity contribution in [1.82, 2.24) is 4.90 Å². The minimum atomic E-state index is -0.00310. The third-order valence-electron chi connectivity index (χ3n) is 3.65. The molecule has 3 nitrogen and oxygen atoms in total. The third kappa shape index (κ3) is 3.50. The number of benzene rings is 1. The number of likely N-dealkylation sites (tertiary alicyclic amines) is 1. The number of rotatable bonds is 2. The molecule has 0 aliphatic carbocycles. The van der Waals surface area contributed by atoms with Gasteiger partial charge in [0, 0.05) is 23.6 Å². The SMILES string of the molecule is C[C@H](N)[C@H]1CCCN(C(=O)c2cc(Br)ccc2Cl)C1. The largest absolute Gasteiger partial charge is 0.338 e. The molecule has 2 rings (SSSR count). The van der Waals surface area contributed by atoms with Crippen molar-refractivity contribution in [2.75, 3.05) is 13.1 Å². The van der Waals surface area contributed by atoms with Gasteiger partial charge in [0.05, 0.1) is 10.6 Å². The van der Waals surface area contributed by atoms with Crippen LogP contribution in [0.2, 0.25) is 5.02 Å². The second-order valence-corrected chi connectivity index (χ2v) is 6.46. The van der Waals surface area contributed by atoms with Crippen LogP contribution in [0.25, 0.3) is 0 Å². The summed E-state index contributed by atoms with van der Waals surface area (Å²) in [7, 11) is 0. The Morgan fingerprint density at radius 3 is 3.00 bits per heavy atom. The number of piperidine rings is 1. The van der Waals surface area contributed by atoms with E-state index in [1.807, 2.05) is 17.9 Å². The fourth-order valence-electron chi connectivity index (χ4n) is 2.46. The minimum absolute atomic E-state index is 0.00310. The predicted molar refractivity (Wildman–Crippen MR) is 81.4 cm³/mol. The second-order valence-electron chi connectivity index (χ2n) is 5.14. The zero-order valence-corrected chi connectivity index (χ0v) is 13.2. The lowest BCUT2D eigenvalue weighted by molar-refractivity contribution is 0.0661. The standard InChI is InChI=1S/C14H18BrClN2O/c1-9(17)10-3-2-6-18(8-10)14(19)12-7-11(15)4-5-13(12)16/h4-5,7,9-10H,2-3,6,8,17H2,1H3/t9-,10-/m0/s1. The van der Waals surface area contributed by atoms with Crippen LogP contribution >= 0.6 is 27.5 Å². The first-order chi connectivity index (χ1) is 8.99. The number of nitrogens with zero attached hydrogens (tertiary/aromatic N) is 1. The van der Waals surface area contributed by atoms with Crippen LogP contribution in [-0.4, -0.2) is 29.9 Å². The van der Waals surface area contributed by atoms with Crippen molar-refractivity contribution in [3.8, 4) is 0 Å². The molecule has 5 heteroatoms. The van der Waals surface area contributed by atoms with E-state index in [1.165, 1.54) is 0 Å². The van der Waals surface area contributed by atoms with Gasteiger partial charge in [0.2, 0.25) is 0 Å². The number of amides is 1. The van der Waals surface area contributed by atoms with Crippen molar-refractivity contribution in [2.24, 2.45) is 11.7 Å². The van der Waals surface area contributed by atoms with Gasteiger partial charge in [0.25, 0.3) is 5.91 Å². The molecule has 0 unspecified atom stereocenters. The molecule has 0 bridgehead atoms. The summed E-state index contributed by atoms with van der Waals surface area (Å²) < 4.78 is 0.862. The van der Waals surface area contributed by atoms with Crippen LogP contribution < -0.4 is 5.73 Å². The molecule has 1 aromatic carbocycles. The van der Waals surface area contributed by atoms with Crippen LogP contribution in [0.1, 0.15) is 30.1 Å². The third-order valence-corrected chi connectivity index (χ3v) is 4.47. The van der Waals surface area contributed by atoms with Gasteiger partial charge in [-0.15, -0.1) is 0 Å². The highest BCUT2D eigenvalue weighted by Crippen LogP contribution is 2.25. The Hall–Kier alpha value is -0.580. The van der Waals surface area contributed by atoms with Crippen LogP contribution in [-0.2, 0) is 0 Å². The maximum Gasteiger partial charge on any atom is 0.255 e. The van der Waals surface area contributed by atoms with E-state index in [2.05, 4.69) is 15.9 Å². The van der Waals surface area contributed by atoms with E-state index in [0.29, 0.717) is 16.5 Å². The lowest BCUT2D eigenvalue weighted by atomic mass is 9.92. The molecule has 19 heavy (non-hydrogen) atoms. The molecule has 1 fully saturated rings. The van der Waals surface area contributed by atoms with E-state index in [-0.39, 0.29) is 11.9 Å². The number of carbonyl (C=O) groups excluding carboxylic acids is 1. The Labute approximate surface area is 127 Å². The zero-order chi connectivity index (χ0) is 14.0. The molecule has 1 saturated heterocycles. The highest BCUT2D eigenvalue weighted by atomic mass is 79.9. The van der Waals surface area contributed by atoms with Gasteiger partial charge in [-0.1, -0.05) is 27.5 Å². The molecular formula is C14H18BrClN2O. The molecule has 2 N–H and O–H groups in total. The normalized spacial score (nSPS) is 21.3. The van der Waals surface area contributed by atoms with Crippen LogP contribution in [0.15, 0.2) is 22.7 Å². The smallest absolute Gasteiger partial charge is 0.255 e. The van der Waals surface area contributed by atoms with Gasteiger partial charge in [-0.25, -0.2) is 0 Å². The van der Waals surface area contributed by atoms with E-state index in [4.69, 9.17) is 17.3 Å². The molecule has 2 atom stereocenters. The number of hydrogen-bond acceptors (Lipinski definition) is 2. The summed E-state index contributed by atoms with van der Waals surface area (Å²) in [6.07, 6.45) is 2.09. The Balaban J connectivity index is 2.17. The maximum absolute atomic E-state index is 12.5. The number of carbonyl (C=O) groups is 1. The molecule has 0 radical (unpaired) electrons. The molecule has 1 aliphatic heterocycles. The first kappa shape index (κ1) is 14.8. The van der Waals surface area contributed by atoms with Crippen molar-refractivity contribution in [1.29, 1.82) is 0 Å². The molecular weight excluding hydrogens is 328 g/mol. The predicted octanol–water partition coefficient (Wildman–Crippen LogP) is 3.30. The van der Waals surface area contributed by atoms with E-state index >= 15 is 0 Å². The molecule has 0 saturated carbocycles. The van der Waals surface area contributed by atoms with Crippen LogP contribution in [0.4, 0.5) is 0 Å². The summed E-state index contributed by atoms with van der Waals surface area (Å²) in [6, 6.07) is 5.47. The topological polar surface area (TPSA) is 46.3 Å². The van der Waals surface area contributed by atoms with Crippen molar-refractivity contribution in [3.63, 3.8) is 0 Å². The van der Waals surface area contributed by atoms with Gasteiger partial charge in [0.1, 0.15) is 0 Å². The van der Waals surface area contributed by atoms with Crippen LogP contribution in [0.5, 0.6) is 0 Å². The summed E-state index contributed by atoms with van der Waals surface area (Å²) in [4.78, 5) is 14.4. The average Bonchev–Trinajstić information content (AvgIpc) is 2.41. The Kier molecular flexibility index (Phi) is 4.87. The fraction of sp³-hybridized carbons (Fsp3) is 0.500. The van der Waals surface area contributed by atoms with E-state index in [1.54, 1.807) is 12.1 Å². The monoisotopic (exact) mass is 344 g/mol. The van der Waals surface area contributed by atoms with E-state index < -0.39 is 0 Å². The van der Waals surface area contributed by atoms with E-state index in [0.717, 1.165) is 30.4 Å². The molecule has 0 aromatic heterocycles. The van der Waals surface area contributed by atoms with Crippen molar-refractivity contribution in [3.05, 3.63) is 33.3 Å². The average molecular weight is 346 g/mol. The number of nitrogens with two attached hydrogens (primary N) is 1. The summed E-state index contributed by atoms with van der Waals surface area (Å²) in [5, 5.41) is 0.496. The molecule has 0 spiro atoms. The maximum atomic E-state index is 12.5. The van der Waals surface area contributed by atoms with Crippen molar-refractivity contribution < 1.29 is 4.79 Å². The van der Waals surface area contributed by atoms with Gasteiger partial charge in [0.15, 0.2) is 0 Å². The quantitative estimate of drug-likeness (QED) is 0.894. The lowest BCUT2D eigenvalue weighted by Gasteiger charge is -2.34. The Bertz CT molecular complexity index is 479. The molecule has 1 aliphatic rings. The Morgan fingerprint density at radius 2 is 2.32 bits per heavy atom. The van der Waals surface area contributed by atoms with Crippen molar-refractivity contribution >= 4 is 33.4 Å². The number of hydrogen-bond donors (Lipinski definition) is 1. The van der Waals surface area contributed by atoms with Gasteiger partial charge in [-0.2, -0.15) is 0 Å². The van der Waals surface area contributed by atoms with Gasteiger partial charge in [-0.05, 0) is 43.9 Å². The Morgan fingerprint density at radius 1 is 1.58 bits per heavy atom. The minimum Gasteiger partial charge on any atom is -0.338 e. The molecule has 104 valence electrons. The summed E-state index contributed by atoms with van der Waals surface area (Å²) in [6.45, 7) is 3.51. The molecule has 1 amide bonds. The zero-order valence-electron chi connectivity index (χ0n) is 10.9. The number of halogens is 2. The van der Waals surface area contributed by atoms with Gasteiger partial charge in [-0.3, -0.25) is 4.79 Å². The van der Waals surface area contributed by atoms with E-state index in [9.17, 15) is 4.79 Å². The lowest BCUT2D eigenvalue weighted by Crippen LogP contribution is -2.45.